The SMILES string of the molecule is C#CCC(C)NC(=O)CC1COCCN1. The smallest absolute Gasteiger partial charge is 0.221 e. The van der Waals surface area contributed by atoms with Crippen LogP contribution in [0.5, 0.6) is 0 Å². The summed E-state index contributed by atoms with van der Waals surface area (Å²) in [5, 5.41) is 6.08. The van der Waals surface area contributed by atoms with Crippen molar-refractivity contribution in [1.29, 1.82) is 0 Å². The van der Waals surface area contributed by atoms with Crippen molar-refractivity contribution >= 4 is 5.91 Å². The normalized spacial score (nSPS) is 22.8. The number of hydrogen-bond donors (Lipinski definition) is 2. The summed E-state index contributed by atoms with van der Waals surface area (Å²) < 4.78 is 5.26. The van der Waals surface area contributed by atoms with Gasteiger partial charge in [0, 0.05) is 31.5 Å². The number of terminal acetylenes is 1. The van der Waals surface area contributed by atoms with E-state index in [0.717, 1.165) is 13.2 Å². The lowest BCUT2D eigenvalue weighted by Crippen LogP contribution is -2.45. The number of rotatable bonds is 4. The lowest BCUT2D eigenvalue weighted by atomic mass is 10.1. The van der Waals surface area contributed by atoms with E-state index in [1.54, 1.807) is 0 Å². The highest BCUT2D eigenvalue weighted by atomic mass is 16.5. The van der Waals surface area contributed by atoms with Crippen molar-refractivity contribution in [3.05, 3.63) is 0 Å². The molecule has 0 aromatic rings. The largest absolute Gasteiger partial charge is 0.378 e. The average Bonchev–Trinajstić information content (AvgIpc) is 2.19. The van der Waals surface area contributed by atoms with E-state index in [0.29, 0.717) is 19.4 Å². The van der Waals surface area contributed by atoms with Gasteiger partial charge in [-0.05, 0) is 6.92 Å². The van der Waals surface area contributed by atoms with Gasteiger partial charge in [-0.3, -0.25) is 4.79 Å². The molecule has 0 aromatic carbocycles. The molecule has 1 rings (SSSR count). The molecule has 1 amide bonds. The Morgan fingerprint density at radius 2 is 2.60 bits per heavy atom. The molecule has 0 aromatic heterocycles. The zero-order valence-corrected chi connectivity index (χ0v) is 9.08. The van der Waals surface area contributed by atoms with Gasteiger partial charge in [0.2, 0.25) is 5.91 Å². The fourth-order valence-corrected chi connectivity index (χ4v) is 1.54. The fraction of sp³-hybridized carbons (Fsp3) is 0.727. The molecular weight excluding hydrogens is 192 g/mol. The van der Waals surface area contributed by atoms with E-state index in [1.165, 1.54) is 0 Å². The first kappa shape index (κ1) is 12.0. The zero-order valence-electron chi connectivity index (χ0n) is 9.08. The maximum absolute atomic E-state index is 11.5. The molecule has 2 N–H and O–H groups in total. The van der Waals surface area contributed by atoms with Crippen LogP contribution in [-0.2, 0) is 9.53 Å². The van der Waals surface area contributed by atoms with Gasteiger partial charge in [0.15, 0.2) is 0 Å². The predicted molar refractivity (Wildman–Crippen MR) is 58.3 cm³/mol. The van der Waals surface area contributed by atoms with Crippen LogP contribution in [0, 0.1) is 12.3 Å². The van der Waals surface area contributed by atoms with Crippen LogP contribution in [0.15, 0.2) is 0 Å². The van der Waals surface area contributed by atoms with Gasteiger partial charge in [0.1, 0.15) is 0 Å². The highest BCUT2D eigenvalue weighted by Gasteiger charge is 2.17. The summed E-state index contributed by atoms with van der Waals surface area (Å²) >= 11 is 0. The molecule has 15 heavy (non-hydrogen) atoms. The average molecular weight is 210 g/mol. The summed E-state index contributed by atoms with van der Waals surface area (Å²) in [4.78, 5) is 11.5. The minimum atomic E-state index is 0.0285. The zero-order chi connectivity index (χ0) is 11.1. The second kappa shape index (κ2) is 6.44. The van der Waals surface area contributed by atoms with E-state index in [1.807, 2.05) is 6.92 Å². The van der Waals surface area contributed by atoms with Crippen molar-refractivity contribution in [3.63, 3.8) is 0 Å². The number of carbonyl (C=O) groups excluding carboxylic acids is 1. The first-order valence-corrected chi connectivity index (χ1v) is 5.26. The molecule has 1 aliphatic rings. The van der Waals surface area contributed by atoms with Gasteiger partial charge in [0.05, 0.1) is 13.2 Å². The van der Waals surface area contributed by atoms with Crippen LogP contribution < -0.4 is 10.6 Å². The maximum atomic E-state index is 11.5. The number of carbonyl (C=O) groups is 1. The third-order valence-electron chi connectivity index (χ3n) is 2.26. The Morgan fingerprint density at radius 3 is 3.20 bits per heavy atom. The van der Waals surface area contributed by atoms with Gasteiger partial charge in [0.25, 0.3) is 0 Å². The second-order valence-electron chi connectivity index (χ2n) is 3.81. The molecule has 0 aliphatic carbocycles. The first-order chi connectivity index (χ1) is 7.22. The number of amides is 1. The predicted octanol–water partition coefficient (Wildman–Crippen LogP) is -0.107. The van der Waals surface area contributed by atoms with E-state index < -0.39 is 0 Å². The Balaban J connectivity index is 2.20. The van der Waals surface area contributed by atoms with Gasteiger partial charge >= 0.3 is 0 Å². The molecule has 1 aliphatic heterocycles. The number of ether oxygens (including phenoxy) is 1. The molecule has 0 radical (unpaired) electrons. The molecular formula is C11H18N2O2. The fourth-order valence-electron chi connectivity index (χ4n) is 1.54. The van der Waals surface area contributed by atoms with Crippen LogP contribution in [0.2, 0.25) is 0 Å². The van der Waals surface area contributed by atoms with Gasteiger partial charge in [-0.2, -0.15) is 0 Å². The molecule has 1 fully saturated rings. The molecule has 4 nitrogen and oxygen atoms in total. The van der Waals surface area contributed by atoms with Crippen molar-refractivity contribution in [1.82, 2.24) is 10.6 Å². The van der Waals surface area contributed by atoms with Crippen molar-refractivity contribution in [2.24, 2.45) is 0 Å². The summed E-state index contributed by atoms with van der Waals surface area (Å²) in [6, 6.07) is 0.184. The van der Waals surface area contributed by atoms with Crippen LogP contribution >= 0.6 is 0 Å². The summed E-state index contributed by atoms with van der Waals surface area (Å²) in [5.41, 5.74) is 0. The molecule has 0 bridgehead atoms. The summed E-state index contributed by atoms with van der Waals surface area (Å²) in [6.07, 6.45) is 6.18. The summed E-state index contributed by atoms with van der Waals surface area (Å²) in [7, 11) is 0. The highest BCUT2D eigenvalue weighted by Crippen LogP contribution is 1.99. The molecule has 0 saturated carbocycles. The second-order valence-corrected chi connectivity index (χ2v) is 3.81. The Morgan fingerprint density at radius 1 is 1.80 bits per heavy atom. The Labute approximate surface area is 90.8 Å². The van der Waals surface area contributed by atoms with E-state index in [2.05, 4.69) is 16.6 Å². The standard InChI is InChI=1S/C11H18N2O2/c1-3-4-9(2)13-11(14)7-10-8-15-6-5-12-10/h1,9-10,12H,4-8H2,2H3,(H,13,14). The molecule has 1 saturated heterocycles. The van der Waals surface area contributed by atoms with Crippen LogP contribution in [0.3, 0.4) is 0 Å². The quantitative estimate of drug-likeness (QED) is 0.637. The van der Waals surface area contributed by atoms with E-state index in [4.69, 9.17) is 11.2 Å². The van der Waals surface area contributed by atoms with Crippen molar-refractivity contribution in [3.8, 4) is 12.3 Å². The Kier molecular flexibility index (Phi) is 5.16. The lowest BCUT2D eigenvalue weighted by Gasteiger charge is -2.23. The van der Waals surface area contributed by atoms with Crippen molar-refractivity contribution in [2.75, 3.05) is 19.8 Å². The van der Waals surface area contributed by atoms with Crippen LogP contribution in [0.4, 0.5) is 0 Å². The first-order valence-electron chi connectivity index (χ1n) is 5.26. The molecule has 84 valence electrons. The summed E-state index contributed by atoms with van der Waals surface area (Å²) in [5.74, 6) is 2.55. The van der Waals surface area contributed by atoms with Gasteiger partial charge < -0.3 is 15.4 Å². The van der Waals surface area contributed by atoms with Crippen molar-refractivity contribution in [2.45, 2.75) is 31.8 Å². The minimum absolute atomic E-state index is 0.0285. The minimum Gasteiger partial charge on any atom is -0.378 e. The summed E-state index contributed by atoms with van der Waals surface area (Å²) in [6.45, 7) is 4.06. The van der Waals surface area contributed by atoms with E-state index in [9.17, 15) is 4.79 Å². The van der Waals surface area contributed by atoms with Gasteiger partial charge in [-0.25, -0.2) is 0 Å². The van der Waals surface area contributed by atoms with E-state index >= 15 is 0 Å². The van der Waals surface area contributed by atoms with Crippen LogP contribution in [0.1, 0.15) is 19.8 Å². The number of hydrogen-bond acceptors (Lipinski definition) is 3. The maximum Gasteiger partial charge on any atom is 0.221 e. The third kappa shape index (κ3) is 4.82. The molecule has 0 spiro atoms. The molecule has 4 heteroatoms. The molecule has 1 heterocycles. The third-order valence-corrected chi connectivity index (χ3v) is 2.26. The number of nitrogens with one attached hydrogen (secondary N) is 2. The van der Waals surface area contributed by atoms with Crippen molar-refractivity contribution < 1.29 is 9.53 Å². The Hall–Kier alpha value is -1.05. The molecule has 2 atom stereocenters. The van der Waals surface area contributed by atoms with Gasteiger partial charge in [-0.15, -0.1) is 12.3 Å². The topological polar surface area (TPSA) is 50.4 Å². The van der Waals surface area contributed by atoms with Gasteiger partial charge in [-0.1, -0.05) is 0 Å². The number of morpholine rings is 1. The highest BCUT2D eigenvalue weighted by molar-refractivity contribution is 5.76. The van der Waals surface area contributed by atoms with Crippen LogP contribution in [0.25, 0.3) is 0 Å². The Bertz CT molecular complexity index is 241. The van der Waals surface area contributed by atoms with Crippen LogP contribution in [-0.4, -0.2) is 37.7 Å². The van der Waals surface area contributed by atoms with E-state index in [-0.39, 0.29) is 18.0 Å². The molecule has 2 unspecified atom stereocenters. The monoisotopic (exact) mass is 210 g/mol. The lowest BCUT2D eigenvalue weighted by molar-refractivity contribution is -0.122.